The third kappa shape index (κ3) is 3.14. The van der Waals surface area contributed by atoms with E-state index in [9.17, 15) is 4.79 Å². The zero-order valence-corrected chi connectivity index (χ0v) is 10.0. The standard InChI is InChI=1S/C11H14N4O2/c1-4-17-10(16)8(7-12)9-5-6-13-11(14-9)15(2)3/h5-6,8H,4H2,1-3H3. The molecule has 1 atom stereocenters. The summed E-state index contributed by atoms with van der Waals surface area (Å²) in [5.74, 6) is -1.14. The second-order valence-corrected chi connectivity index (χ2v) is 3.49. The van der Waals surface area contributed by atoms with Crippen molar-refractivity contribution in [3.63, 3.8) is 0 Å². The van der Waals surface area contributed by atoms with E-state index in [1.165, 1.54) is 12.3 Å². The Kier molecular flexibility index (Phi) is 4.40. The Bertz CT molecular complexity index is 439. The fourth-order valence-corrected chi connectivity index (χ4v) is 1.20. The van der Waals surface area contributed by atoms with Crippen LogP contribution in [0.3, 0.4) is 0 Å². The highest BCUT2D eigenvalue weighted by atomic mass is 16.5. The van der Waals surface area contributed by atoms with Gasteiger partial charge in [0.2, 0.25) is 5.95 Å². The van der Waals surface area contributed by atoms with Crippen LogP contribution in [0.4, 0.5) is 5.95 Å². The van der Waals surface area contributed by atoms with Crippen LogP contribution in [0.2, 0.25) is 0 Å². The van der Waals surface area contributed by atoms with Gasteiger partial charge in [-0.1, -0.05) is 0 Å². The van der Waals surface area contributed by atoms with Crippen LogP contribution in [0, 0.1) is 11.3 Å². The van der Waals surface area contributed by atoms with Crippen molar-refractivity contribution in [2.75, 3.05) is 25.6 Å². The molecule has 1 aromatic heterocycles. The summed E-state index contributed by atoms with van der Waals surface area (Å²) in [5, 5.41) is 8.98. The van der Waals surface area contributed by atoms with Crippen LogP contribution in [0.15, 0.2) is 12.3 Å². The largest absolute Gasteiger partial charge is 0.465 e. The van der Waals surface area contributed by atoms with Gasteiger partial charge in [-0.2, -0.15) is 5.26 Å². The molecule has 1 unspecified atom stereocenters. The highest BCUT2D eigenvalue weighted by Crippen LogP contribution is 2.16. The summed E-state index contributed by atoms with van der Waals surface area (Å²) in [6.07, 6.45) is 1.52. The van der Waals surface area contributed by atoms with Crippen LogP contribution in [0.25, 0.3) is 0 Å². The molecule has 0 aromatic carbocycles. The van der Waals surface area contributed by atoms with Gasteiger partial charge < -0.3 is 9.64 Å². The van der Waals surface area contributed by atoms with E-state index in [0.717, 1.165) is 0 Å². The molecule has 0 spiro atoms. The normalized spacial score (nSPS) is 11.4. The molecule has 0 bridgehead atoms. The van der Waals surface area contributed by atoms with Gasteiger partial charge in [-0.15, -0.1) is 0 Å². The number of hydrogen-bond acceptors (Lipinski definition) is 6. The van der Waals surface area contributed by atoms with Gasteiger partial charge in [-0.3, -0.25) is 4.79 Å². The number of ether oxygens (including phenoxy) is 1. The zero-order chi connectivity index (χ0) is 12.8. The van der Waals surface area contributed by atoms with Crippen molar-refractivity contribution in [1.29, 1.82) is 5.26 Å². The fourth-order valence-electron chi connectivity index (χ4n) is 1.20. The van der Waals surface area contributed by atoms with Crippen molar-refractivity contribution in [2.45, 2.75) is 12.8 Å². The maximum Gasteiger partial charge on any atom is 0.329 e. The molecule has 0 fully saturated rings. The molecule has 0 radical (unpaired) electrons. The molecule has 0 aliphatic carbocycles. The van der Waals surface area contributed by atoms with E-state index in [0.29, 0.717) is 11.6 Å². The summed E-state index contributed by atoms with van der Waals surface area (Å²) < 4.78 is 4.81. The van der Waals surface area contributed by atoms with Crippen molar-refractivity contribution in [3.05, 3.63) is 18.0 Å². The molecule has 1 rings (SSSR count). The smallest absolute Gasteiger partial charge is 0.329 e. The fraction of sp³-hybridized carbons (Fsp3) is 0.455. The first-order valence-corrected chi connectivity index (χ1v) is 5.16. The number of esters is 1. The first kappa shape index (κ1) is 12.9. The Balaban J connectivity index is 3.01. The van der Waals surface area contributed by atoms with Gasteiger partial charge in [0.1, 0.15) is 0 Å². The number of carbonyl (C=O) groups excluding carboxylic acids is 1. The summed E-state index contributed by atoms with van der Waals surface area (Å²) >= 11 is 0. The van der Waals surface area contributed by atoms with E-state index in [4.69, 9.17) is 10.00 Å². The van der Waals surface area contributed by atoms with E-state index in [1.54, 1.807) is 25.9 Å². The molecular weight excluding hydrogens is 220 g/mol. The first-order chi connectivity index (χ1) is 8.10. The number of nitrogens with zero attached hydrogens (tertiary/aromatic N) is 4. The summed E-state index contributed by atoms with van der Waals surface area (Å²) in [6.45, 7) is 1.93. The van der Waals surface area contributed by atoms with Gasteiger partial charge in [-0.05, 0) is 13.0 Å². The third-order valence-corrected chi connectivity index (χ3v) is 2.01. The molecule has 0 saturated carbocycles. The van der Waals surface area contributed by atoms with E-state index in [1.807, 2.05) is 6.07 Å². The van der Waals surface area contributed by atoms with Crippen molar-refractivity contribution in [1.82, 2.24) is 9.97 Å². The lowest BCUT2D eigenvalue weighted by Crippen LogP contribution is -2.18. The van der Waals surface area contributed by atoms with Crippen LogP contribution < -0.4 is 4.90 Å². The molecule has 0 amide bonds. The maximum absolute atomic E-state index is 11.5. The Morgan fingerprint density at radius 1 is 1.65 bits per heavy atom. The lowest BCUT2D eigenvalue weighted by molar-refractivity contribution is -0.143. The molecule has 0 N–H and O–H groups in total. The molecule has 90 valence electrons. The topological polar surface area (TPSA) is 79.1 Å². The van der Waals surface area contributed by atoms with Crippen LogP contribution in [-0.2, 0) is 9.53 Å². The van der Waals surface area contributed by atoms with Crippen molar-refractivity contribution >= 4 is 11.9 Å². The van der Waals surface area contributed by atoms with E-state index >= 15 is 0 Å². The van der Waals surface area contributed by atoms with Crippen LogP contribution in [0.1, 0.15) is 18.5 Å². The Labute approximate surface area is 99.9 Å². The summed E-state index contributed by atoms with van der Waals surface area (Å²) in [5.41, 5.74) is 0.352. The molecule has 17 heavy (non-hydrogen) atoms. The molecule has 6 nitrogen and oxygen atoms in total. The quantitative estimate of drug-likeness (QED) is 0.714. The number of nitriles is 1. The third-order valence-electron chi connectivity index (χ3n) is 2.01. The summed E-state index contributed by atoms with van der Waals surface area (Å²) in [4.78, 5) is 21.4. The zero-order valence-electron chi connectivity index (χ0n) is 10.0. The van der Waals surface area contributed by atoms with Crippen molar-refractivity contribution < 1.29 is 9.53 Å². The minimum atomic E-state index is -1.00. The Morgan fingerprint density at radius 2 is 2.35 bits per heavy atom. The second-order valence-electron chi connectivity index (χ2n) is 3.49. The minimum absolute atomic E-state index is 0.239. The minimum Gasteiger partial charge on any atom is -0.465 e. The van der Waals surface area contributed by atoms with Gasteiger partial charge in [0.15, 0.2) is 5.92 Å². The number of anilines is 1. The monoisotopic (exact) mass is 234 g/mol. The van der Waals surface area contributed by atoms with Gasteiger partial charge >= 0.3 is 5.97 Å². The summed E-state index contributed by atoms with van der Waals surface area (Å²) in [6, 6.07) is 3.43. The lowest BCUT2D eigenvalue weighted by atomic mass is 10.1. The molecule has 1 aromatic rings. The van der Waals surface area contributed by atoms with Gasteiger partial charge in [0.05, 0.1) is 18.4 Å². The average molecular weight is 234 g/mol. The highest BCUT2D eigenvalue weighted by molar-refractivity contribution is 5.80. The first-order valence-electron chi connectivity index (χ1n) is 5.16. The number of rotatable bonds is 4. The maximum atomic E-state index is 11.5. The average Bonchev–Trinajstić information content (AvgIpc) is 2.30. The highest BCUT2D eigenvalue weighted by Gasteiger charge is 2.23. The van der Waals surface area contributed by atoms with E-state index in [-0.39, 0.29) is 6.61 Å². The van der Waals surface area contributed by atoms with E-state index < -0.39 is 11.9 Å². The SMILES string of the molecule is CCOC(=O)C(C#N)c1ccnc(N(C)C)n1. The van der Waals surface area contributed by atoms with Crippen molar-refractivity contribution in [2.24, 2.45) is 0 Å². The predicted molar refractivity (Wildman–Crippen MR) is 61.3 cm³/mol. The number of carbonyl (C=O) groups is 1. The van der Waals surface area contributed by atoms with Crippen LogP contribution >= 0.6 is 0 Å². The van der Waals surface area contributed by atoms with Gasteiger partial charge in [-0.25, -0.2) is 9.97 Å². The molecule has 0 saturated heterocycles. The number of hydrogen-bond donors (Lipinski definition) is 0. The summed E-state index contributed by atoms with van der Waals surface area (Å²) in [7, 11) is 3.57. The predicted octanol–water partition coefficient (Wildman–Crippen LogP) is 0.713. The van der Waals surface area contributed by atoms with Gasteiger partial charge in [0.25, 0.3) is 0 Å². The molecule has 6 heteroatoms. The van der Waals surface area contributed by atoms with Gasteiger partial charge in [0, 0.05) is 20.3 Å². The molecular formula is C11H14N4O2. The van der Waals surface area contributed by atoms with Crippen LogP contribution in [0.5, 0.6) is 0 Å². The Hall–Kier alpha value is -2.16. The van der Waals surface area contributed by atoms with Crippen LogP contribution in [-0.4, -0.2) is 36.6 Å². The van der Waals surface area contributed by atoms with E-state index in [2.05, 4.69) is 9.97 Å². The van der Waals surface area contributed by atoms with Crippen molar-refractivity contribution in [3.8, 4) is 6.07 Å². The molecule has 1 heterocycles. The number of aromatic nitrogens is 2. The molecule has 0 aliphatic heterocycles. The Morgan fingerprint density at radius 3 is 2.88 bits per heavy atom. The second kappa shape index (κ2) is 5.80. The lowest BCUT2D eigenvalue weighted by Gasteiger charge is -2.12. The molecule has 0 aliphatic rings.